The van der Waals surface area contributed by atoms with Crippen LogP contribution in [0.1, 0.15) is 12.5 Å². The molecule has 0 atom stereocenters. The number of rotatable bonds is 4. The molecule has 2 rings (SSSR count). The smallest absolute Gasteiger partial charge is 0.165 e. The van der Waals surface area contributed by atoms with Crippen LogP contribution in [-0.2, 0) is 0 Å². The summed E-state index contributed by atoms with van der Waals surface area (Å²) >= 11 is 11.8. The number of ether oxygens (including phenoxy) is 1. The van der Waals surface area contributed by atoms with E-state index in [1.165, 1.54) is 6.20 Å². The first-order valence-corrected chi connectivity index (χ1v) is 6.61. The first kappa shape index (κ1) is 14.6. The van der Waals surface area contributed by atoms with Gasteiger partial charge in [-0.2, -0.15) is 5.10 Å². The van der Waals surface area contributed by atoms with Gasteiger partial charge in [-0.25, -0.2) is 4.98 Å². The highest BCUT2D eigenvalue weighted by Gasteiger charge is 2.03. The van der Waals surface area contributed by atoms with Gasteiger partial charge < -0.3 is 4.74 Å². The van der Waals surface area contributed by atoms with E-state index in [1.807, 2.05) is 31.2 Å². The second kappa shape index (κ2) is 6.59. The predicted octanol–water partition coefficient (Wildman–Crippen LogP) is 4.23. The van der Waals surface area contributed by atoms with Gasteiger partial charge in [-0.15, -0.1) is 0 Å². The molecule has 0 amide bonds. The van der Waals surface area contributed by atoms with Crippen molar-refractivity contribution in [3.05, 3.63) is 52.1 Å². The number of hydrazone groups is 1. The number of anilines is 1. The molecule has 1 aromatic carbocycles. The maximum Gasteiger partial charge on any atom is 0.165 e. The van der Waals surface area contributed by atoms with Crippen LogP contribution in [0.5, 0.6) is 5.75 Å². The molecule has 0 saturated heterocycles. The van der Waals surface area contributed by atoms with Crippen molar-refractivity contribution < 1.29 is 4.74 Å². The lowest BCUT2D eigenvalue weighted by molar-refractivity contribution is 0.415. The lowest BCUT2D eigenvalue weighted by atomic mass is 10.1. The molecule has 0 fully saturated rings. The molecule has 1 aromatic heterocycles. The average Bonchev–Trinajstić information content (AvgIpc) is 2.46. The van der Waals surface area contributed by atoms with Gasteiger partial charge in [0.2, 0.25) is 0 Å². The Morgan fingerprint density at radius 1 is 1.25 bits per heavy atom. The Bertz CT molecular complexity index is 627. The summed E-state index contributed by atoms with van der Waals surface area (Å²) in [5.74, 6) is 1.26. The fourth-order valence-electron chi connectivity index (χ4n) is 1.53. The Morgan fingerprint density at radius 2 is 1.95 bits per heavy atom. The van der Waals surface area contributed by atoms with Crippen molar-refractivity contribution in [2.75, 3.05) is 12.5 Å². The highest BCUT2D eigenvalue weighted by Crippen LogP contribution is 2.22. The maximum atomic E-state index is 6.00. The summed E-state index contributed by atoms with van der Waals surface area (Å²) in [6.07, 6.45) is 1.51. The number of aromatic nitrogens is 1. The molecule has 0 spiro atoms. The number of nitrogens with zero attached hydrogens (tertiary/aromatic N) is 2. The van der Waals surface area contributed by atoms with E-state index < -0.39 is 0 Å². The largest absolute Gasteiger partial charge is 0.497 e. The van der Waals surface area contributed by atoms with Gasteiger partial charge in [0, 0.05) is 6.20 Å². The van der Waals surface area contributed by atoms with Gasteiger partial charge in [-0.05, 0) is 42.8 Å². The van der Waals surface area contributed by atoms with Gasteiger partial charge in [0.1, 0.15) is 5.75 Å². The summed E-state index contributed by atoms with van der Waals surface area (Å²) < 4.78 is 5.11. The van der Waals surface area contributed by atoms with E-state index in [0.29, 0.717) is 15.9 Å². The highest BCUT2D eigenvalue weighted by molar-refractivity contribution is 6.35. The molecular formula is C14H13Cl2N3O. The SMILES string of the molecule is COc1ccc(/C(C)=N/Nc2ncc(Cl)cc2Cl)cc1. The van der Waals surface area contributed by atoms with Gasteiger partial charge in [-0.3, -0.25) is 5.43 Å². The standard InChI is InChI=1S/C14H13Cl2N3O/c1-9(10-3-5-12(20-2)6-4-10)18-19-14-13(16)7-11(15)8-17-14/h3-8H,1-2H3,(H,17,19)/b18-9+. The summed E-state index contributed by atoms with van der Waals surface area (Å²) in [6, 6.07) is 9.22. The first-order valence-electron chi connectivity index (χ1n) is 5.86. The summed E-state index contributed by atoms with van der Waals surface area (Å²) in [4.78, 5) is 4.07. The second-order valence-corrected chi connectivity index (χ2v) is 4.87. The summed E-state index contributed by atoms with van der Waals surface area (Å²) in [6.45, 7) is 1.89. The van der Waals surface area contributed by atoms with Crippen LogP contribution in [0.25, 0.3) is 0 Å². The second-order valence-electron chi connectivity index (χ2n) is 4.02. The van der Waals surface area contributed by atoms with Gasteiger partial charge in [0.25, 0.3) is 0 Å². The molecule has 0 unspecified atom stereocenters. The molecule has 104 valence electrons. The molecule has 1 heterocycles. The van der Waals surface area contributed by atoms with Gasteiger partial charge in [-0.1, -0.05) is 23.2 Å². The van der Waals surface area contributed by atoms with Gasteiger partial charge in [0.15, 0.2) is 5.82 Å². The zero-order valence-corrected chi connectivity index (χ0v) is 12.5. The van der Waals surface area contributed by atoms with E-state index >= 15 is 0 Å². The molecule has 20 heavy (non-hydrogen) atoms. The number of benzene rings is 1. The Labute approximate surface area is 127 Å². The quantitative estimate of drug-likeness (QED) is 0.679. The van der Waals surface area contributed by atoms with Crippen LogP contribution in [0.2, 0.25) is 10.0 Å². The molecule has 0 bridgehead atoms. The van der Waals surface area contributed by atoms with Crippen molar-refractivity contribution in [3.63, 3.8) is 0 Å². The fourth-order valence-corrected chi connectivity index (χ4v) is 1.95. The van der Waals surface area contributed by atoms with Crippen LogP contribution in [0, 0.1) is 0 Å². The minimum Gasteiger partial charge on any atom is -0.497 e. The van der Waals surface area contributed by atoms with Gasteiger partial charge >= 0.3 is 0 Å². The Hall–Kier alpha value is -1.78. The lowest BCUT2D eigenvalue weighted by Crippen LogP contribution is -2.01. The monoisotopic (exact) mass is 309 g/mol. The first-order chi connectivity index (χ1) is 9.60. The minimum absolute atomic E-state index is 0.420. The van der Waals surface area contributed by atoms with Crippen molar-refractivity contribution in [1.29, 1.82) is 0 Å². The molecule has 1 N–H and O–H groups in total. The van der Waals surface area contributed by atoms with Crippen molar-refractivity contribution >= 4 is 34.7 Å². The van der Waals surface area contributed by atoms with Crippen LogP contribution in [0.4, 0.5) is 5.82 Å². The van der Waals surface area contributed by atoms with E-state index in [2.05, 4.69) is 15.5 Å². The molecule has 2 aromatic rings. The number of pyridine rings is 1. The van der Waals surface area contributed by atoms with E-state index in [4.69, 9.17) is 27.9 Å². The van der Waals surface area contributed by atoms with Crippen LogP contribution in [-0.4, -0.2) is 17.8 Å². The van der Waals surface area contributed by atoms with E-state index in [9.17, 15) is 0 Å². The lowest BCUT2D eigenvalue weighted by Gasteiger charge is -2.05. The Balaban J connectivity index is 2.13. The number of methoxy groups -OCH3 is 1. The molecule has 4 nitrogen and oxygen atoms in total. The normalized spacial score (nSPS) is 11.3. The van der Waals surface area contributed by atoms with Crippen molar-refractivity contribution in [2.45, 2.75) is 6.92 Å². The zero-order chi connectivity index (χ0) is 14.5. The topological polar surface area (TPSA) is 46.5 Å². The number of halogens is 2. The van der Waals surface area contributed by atoms with E-state index in [1.54, 1.807) is 13.2 Å². The Morgan fingerprint density at radius 3 is 2.55 bits per heavy atom. The minimum atomic E-state index is 0.420. The number of hydrogen-bond donors (Lipinski definition) is 1. The van der Waals surface area contributed by atoms with Crippen molar-refractivity contribution in [3.8, 4) is 5.75 Å². The molecule has 0 radical (unpaired) electrons. The Kier molecular flexibility index (Phi) is 4.82. The van der Waals surface area contributed by atoms with Crippen LogP contribution >= 0.6 is 23.2 Å². The average molecular weight is 310 g/mol. The number of nitrogens with one attached hydrogen (secondary N) is 1. The van der Waals surface area contributed by atoms with Crippen LogP contribution < -0.4 is 10.2 Å². The summed E-state index contributed by atoms with van der Waals surface area (Å²) in [7, 11) is 1.63. The third kappa shape index (κ3) is 3.62. The molecule has 0 aliphatic rings. The third-order valence-corrected chi connectivity index (χ3v) is 3.14. The summed E-state index contributed by atoms with van der Waals surface area (Å²) in [5, 5.41) is 5.15. The van der Waals surface area contributed by atoms with Crippen molar-refractivity contribution in [1.82, 2.24) is 4.98 Å². The summed E-state index contributed by atoms with van der Waals surface area (Å²) in [5.41, 5.74) is 4.60. The maximum absolute atomic E-state index is 6.00. The third-order valence-electron chi connectivity index (χ3n) is 2.65. The van der Waals surface area contributed by atoms with E-state index in [0.717, 1.165) is 17.0 Å². The van der Waals surface area contributed by atoms with Crippen LogP contribution in [0.15, 0.2) is 41.6 Å². The number of hydrogen-bond acceptors (Lipinski definition) is 4. The molecule has 0 aliphatic heterocycles. The molecular weight excluding hydrogens is 297 g/mol. The van der Waals surface area contributed by atoms with E-state index in [-0.39, 0.29) is 0 Å². The van der Waals surface area contributed by atoms with Crippen LogP contribution in [0.3, 0.4) is 0 Å². The highest BCUT2D eigenvalue weighted by atomic mass is 35.5. The molecule has 0 aliphatic carbocycles. The zero-order valence-electron chi connectivity index (χ0n) is 11.0. The predicted molar refractivity (Wildman–Crippen MR) is 83.1 cm³/mol. The van der Waals surface area contributed by atoms with Crippen molar-refractivity contribution in [2.24, 2.45) is 5.10 Å². The molecule has 6 heteroatoms. The van der Waals surface area contributed by atoms with Gasteiger partial charge in [0.05, 0.1) is 22.9 Å². The molecule has 0 saturated carbocycles. The fraction of sp³-hybridized carbons (Fsp3) is 0.143.